The monoisotopic (exact) mass is 407 g/mol. The van der Waals surface area contributed by atoms with Crippen molar-refractivity contribution < 1.29 is 24.2 Å². The van der Waals surface area contributed by atoms with Crippen molar-refractivity contribution in [2.75, 3.05) is 18.1 Å². The summed E-state index contributed by atoms with van der Waals surface area (Å²) in [5, 5.41) is 10.7. The lowest BCUT2D eigenvalue weighted by atomic mass is 9.90. The Morgan fingerprint density at radius 1 is 1.10 bits per heavy atom. The zero-order valence-corrected chi connectivity index (χ0v) is 17.3. The van der Waals surface area contributed by atoms with Crippen LogP contribution < -0.4 is 14.4 Å². The van der Waals surface area contributed by atoms with E-state index in [1.807, 2.05) is 24.3 Å². The maximum atomic E-state index is 13.1. The number of carbonyl (C=O) groups is 2. The summed E-state index contributed by atoms with van der Waals surface area (Å²) in [6.07, 6.45) is 0.884. The van der Waals surface area contributed by atoms with Crippen LogP contribution in [-0.4, -0.2) is 30.0 Å². The topological polar surface area (TPSA) is 76.1 Å². The molecule has 4 rings (SSSR count). The number of benzene rings is 2. The number of hydrogen-bond donors (Lipinski definition) is 1. The van der Waals surface area contributed by atoms with Crippen LogP contribution in [0.1, 0.15) is 37.9 Å². The quantitative estimate of drug-likeness (QED) is 0.806. The smallest absolute Gasteiger partial charge is 0.294 e. The summed E-state index contributed by atoms with van der Waals surface area (Å²) >= 11 is 0. The van der Waals surface area contributed by atoms with Crippen molar-refractivity contribution in [3.63, 3.8) is 0 Å². The number of aliphatic hydroxyl groups excluding tert-OH is 1. The maximum Gasteiger partial charge on any atom is 0.294 e. The van der Waals surface area contributed by atoms with Gasteiger partial charge in [-0.25, -0.2) is 0 Å². The Morgan fingerprint density at radius 2 is 1.77 bits per heavy atom. The van der Waals surface area contributed by atoms with Crippen molar-refractivity contribution in [1.29, 1.82) is 0 Å². The van der Waals surface area contributed by atoms with Crippen LogP contribution in [0.2, 0.25) is 0 Å². The first-order valence-electron chi connectivity index (χ1n) is 10.2. The van der Waals surface area contributed by atoms with Gasteiger partial charge in [-0.3, -0.25) is 14.5 Å². The summed E-state index contributed by atoms with van der Waals surface area (Å²) in [7, 11) is 0. The van der Waals surface area contributed by atoms with Crippen LogP contribution in [0, 0.1) is 5.92 Å². The second-order valence-corrected chi connectivity index (χ2v) is 7.78. The number of ether oxygens (including phenoxy) is 2. The van der Waals surface area contributed by atoms with E-state index in [2.05, 4.69) is 6.92 Å². The fourth-order valence-electron chi connectivity index (χ4n) is 3.87. The predicted octanol–water partition coefficient (Wildman–Crippen LogP) is 4.15. The van der Waals surface area contributed by atoms with Gasteiger partial charge in [0.05, 0.1) is 11.6 Å². The van der Waals surface area contributed by atoms with Gasteiger partial charge in [0.15, 0.2) is 23.0 Å². The highest BCUT2D eigenvalue weighted by Gasteiger charge is 2.45. The molecule has 2 aromatic rings. The first kappa shape index (κ1) is 20.0. The largest absolute Gasteiger partial charge is 0.503 e. The van der Waals surface area contributed by atoms with E-state index in [0.717, 1.165) is 17.5 Å². The molecule has 6 heteroatoms. The minimum atomic E-state index is -0.708. The van der Waals surface area contributed by atoms with Crippen molar-refractivity contribution >= 4 is 17.4 Å². The van der Waals surface area contributed by atoms with Gasteiger partial charge >= 0.3 is 0 Å². The van der Waals surface area contributed by atoms with E-state index < -0.39 is 17.7 Å². The lowest BCUT2D eigenvalue weighted by Crippen LogP contribution is -2.31. The van der Waals surface area contributed by atoms with Gasteiger partial charge in [0, 0.05) is 17.7 Å². The number of fused-ring (bicyclic) bond motifs is 1. The summed E-state index contributed by atoms with van der Waals surface area (Å²) in [6.45, 7) is 6.48. The van der Waals surface area contributed by atoms with Crippen molar-refractivity contribution in [3.05, 3.63) is 64.9 Å². The number of amides is 1. The van der Waals surface area contributed by atoms with E-state index in [9.17, 15) is 14.7 Å². The fraction of sp³-hybridized carbons (Fsp3) is 0.333. The molecule has 0 aromatic heterocycles. The molecule has 1 amide bonds. The van der Waals surface area contributed by atoms with Gasteiger partial charge in [-0.15, -0.1) is 0 Å². The highest BCUT2D eigenvalue weighted by Crippen LogP contribution is 2.44. The Labute approximate surface area is 175 Å². The van der Waals surface area contributed by atoms with Crippen LogP contribution in [0.5, 0.6) is 11.5 Å². The number of anilines is 1. The first-order valence-corrected chi connectivity index (χ1v) is 10.2. The third kappa shape index (κ3) is 3.32. The van der Waals surface area contributed by atoms with Crippen molar-refractivity contribution in [2.45, 2.75) is 33.2 Å². The molecule has 6 nitrogen and oxygen atoms in total. The number of Topliss-reactive ketones (excluding diaryl/α,β-unsaturated/α-hetero) is 1. The molecule has 1 atom stereocenters. The van der Waals surface area contributed by atoms with E-state index in [4.69, 9.17) is 9.47 Å². The third-order valence-electron chi connectivity index (χ3n) is 5.51. The molecule has 30 heavy (non-hydrogen) atoms. The predicted molar refractivity (Wildman–Crippen MR) is 113 cm³/mol. The number of rotatable bonds is 5. The average Bonchev–Trinajstić information content (AvgIpc) is 3.03. The summed E-state index contributed by atoms with van der Waals surface area (Å²) in [5.74, 6) is -0.544. The maximum absolute atomic E-state index is 13.1. The lowest BCUT2D eigenvalue weighted by Gasteiger charge is -2.28. The number of carbonyl (C=O) groups excluding carboxylic acids is 2. The highest BCUT2D eigenvalue weighted by molar-refractivity contribution is 6.16. The number of hydrogen-bond acceptors (Lipinski definition) is 5. The van der Waals surface area contributed by atoms with Gasteiger partial charge < -0.3 is 14.6 Å². The SMILES string of the molecule is CCc1ccc(C2C(C(=O)C(C)C)=C(O)C(=O)N2c2ccc3c(c2)OCCO3)cc1. The average molecular weight is 407 g/mol. The van der Waals surface area contributed by atoms with Crippen LogP contribution in [-0.2, 0) is 16.0 Å². The highest BCUT2D eigenvalue weighted by atomic mass is 16.6. The molecule has 1 unspecified atom stereocenters. The molecule has 0 aliphatic carbocycles. The minimum absolute atomic E-state index is 0.133. The van der Waals surface area contributed by atoms with Gasteiger partial charge in [0.25, 0.3) is 5.91 Å². The molecule has 2 heterocycles. The van der Waals surface area contributed by atoms with Crippen LogP contribution in [0.25, 0.3) is 0 Å². The Morgan fingerprint density at radius 3 is 2.40 bits per heavy atom. The molecule has 156 valence electrons. The van der Waals surface area contributed by atoms with Crippen molar-refractivity contribution in [3.8, 4) is 11.5 Å². The Kier molecular flexibility index (Phi) is 5.24. The molecule has 0 saturated carbocycles. The van der Waals surface area contributed by atoms with Gasteiger partial charge in [0.2, 0.25) is 0 Å². The second-order valence-electron chi connectivity index (χ2n) is 7.78. The summed E-state index contributed by atoms with van der Waals surface area (Å²) in [6, 6.07) is 12.3. The van der Waals surface area contributed by atoms with Crippen LogP contribution in [0.15, 0.2) is 53.8 Å². The second kappa shape index (κ2) is 7.86. The van der Waals surface area contributed by atoms with E-state index in [0.29, 0.717) is 30.4 Å². The molecule has 0 saturated heterocycles. The Hall–Kier alpha value is -3.28. The molecular formula is C24H25NO5. The standard InChI is InChI=1S/C24H25NO5/c1-4-15-5-7-16(8-6-15)21-20(22(26)14(2)3)23(27)24(28)25(21)17-9-10-18-19(13-17)30-12-11-29-18/h5-10,13-14,21,27H,4,11-12H2,1-3H3. The molecule has 2 aliphatic heterocycles. The van der Waals surface area contributed by atoms with Crippen LogP contribution in [0.3, 0.4) is 0 Å². The van der Waals surface area contributed by atoms with Gasteiger partial charge in [0.1, 0.15) is 13.2 Å². The van der Waals surface area contributed by atoms with Crippen molar-refractivity contribution in [1.82, 2.24) is 0 Å². The van der Waals surface area contributed by atoms with Crippen molar-refractivity contribution in [2.24, 2.45) is 5.92 Å². The summed E-state index contributed by atoms with van der Waals surface area (Å²) in [4.78, 5) is 27.6. The number of aliphatic hydroxyl groups is 1. The number of aryl methyl sites for hydroxylation is 1. The molecule has 2 aliphatic rings. The molecule has 1 N–H and O–H groups in total. The Bertz CT molecular complexity index is 1020. The Balaban J connectivity index is 1.83. The third-order valence-corrected chi connectivity index (χ3v) is 5.51. The molecule has 0 fully saturated rings. The number of nitrogens with zero attached hydrogens (tertiary/aromatic N) is 1. The molecule has 0 bridgehead atoms. The fourth-order valence-corrected chi connectivity index (χ4v) is 3.87. The van der Waals surface area contributed by atoms with E-state index in [-0.39, 0.29) is 17.3 Å². The zero-order chi connectivity index (χ0) is 21.4. The first-order chi connectivity index (χ1) is 14.4. The summed E-state index contributed by atoms with van der Waals surface area (Å²) in [5.41, 5.74) is 2.59. The zero-order valence-electron chi connectivity index (χ0n) is 17.3. The number of ketones is 1. The molecular weight excluding hydrogens is 382 g/mol. The summed E-state index contributed by atoms with van der Waals surface area (Å²) < 4.78 is 11.2. The molecule has 0 radical (unpaired) electrons. The van der Waals surface area contributed by atoms with Gasteiger partial charge in [-0.1, -0.05) is 45.0 Å². The van der Waals surface area contributed by atoms with E-state index in [1.54, 1.807) is 32.0 Å². The van der Waals surface area contributed by atoms with Crippen LogP contribution >= 0.6 is 0 Å². The molecule has 0 spiro atoms. The lowest BCUT2D eigenvalue weighted by molar-refractivity contribution is -0.119. The van der Waals surface area contributed by atoms with Gasteiger partial charge in [-0.2, -0.15) is 0 Å². The van der Waals surface area contributed by atoms with E-state index >= 15 is 0 Å². The van der Waals surface area contributed by atoms with Gasteiger partial charge in [-0.05, 0) is 29.7 Å². The van der Waals surface area contributed by atoms with Crippen LogP contribution in [0.4, 0.5) is 5.69 Å². The van der Waals surface area contributed by atoms with E-state index in [1.165, 1.54) is 4.90 Å². The molecule has 2 aromatic carbocycles. The normalized spacial score (nSPS) is 18.3. The minimum Gasteiger partial charge on any atom is -0.503 e.